The van der Waals surface area contributed by atoms with Crippen LogP contribution in [0, 0.1) is 5.82 Å². The van der Waals surface area contributed by atoms with E-state index in [9.17, 15) is 23.6 Å². The molecule has 238 valence electrons. The first-order valence-corrected chi connectivity index (χ1v) is 14.9. The molecular weight excluding hydrogens is 591 g/mol. The number of nitrogens with one attached hydrogen (secondary N) is 3. The SMILES string of the molecule is CNC(=O)c1cccc(-c2ncc(NC(=O)C(C)NC)c(=O)n2Cc2cc(C(=O)c3ccc(F)cc3)cc(N3CCOCC3)c2)c1. The van der Waals surface area contributed by atoms with Crippen LogP contribution in [0.25, 0.3) is 11.4 Å². The van der Waals surface area contributed by atoms with Crippen molar-refractivity contribution in [2.45, 2.75) is 19.5 Å². The summed E-state index contributed by atoms with van der Waals surface area (Å²) in [5.74, 6) is -1.21. The second kappa shape index (κ2) is 14.3. The fourth-order valence-corrected chi connectivity index (χ4v) is 5.12. The molecule has 0 saturated carbocycles. The van der Waals surface area contributed by atoms with Crippen LogP contribution in [0.15, 0.2) is 77.7 Å². The van der Waals surface area contributed by atoms with Gasteiger partial charge < -0.3 is 25.6 Å². The van der Waals surface area contributed by atoms with Crippen molar-refractivity contribution in [1.82, 2.24) is 20.2 Å². The van der Waals surface area contributed by atoms with Crippen molar-refractivity contribution in [3.8, 4) is 11.4 Å². The third-order valence-corrected chi connectivity index (χ3v) is 7.80. The van der Waals surface area contributed by atoms with Crippen LogP contribution in [0.4, 0.5) is 15.8 Å². The van der Waals surface area contributed by atoms with Crippen LogP contribution >= 0.6 is 0 Å². The Hall–Kier alpha value is -5.20. The molecule has 1 aliphatic heterocycles. The number of hydrogen-bond acceptors (Lipinski definition) is 8. The van der Waals surface area contributed by atoms with Gasteiger partial charge in [0.1, 0.15) is 17.3 Å². The van der Waals surface area contributed by atoms with Gasteiger partial charge >= 0.3 is 0 Å². The number of carbonyl (C=O) groups is 3. The number of ether oxygens (including phenoxy) is 1. The van der Waals surface area contributed by atoms with Crippen LogP contribution in [0.1, 0.15) is 38.8 Å². The average Bonchev–Trinajstić information content (AvgIpc) is 3.09. The molecule has 1 fully saturated rings. The van der Waals surface area contributed by atoms with Gasteiger partial charge in [-0.2, -0.15) is 0 Å². The highest BCUT2D eigenvalue weighted by Gasteiger charge is 2.21. The summed E-state index contributed by atoms with van der Waals surface area (Å²) in [5, 5.41) is 8.09. The minimum atomic E-state index is -0.568. The monoisotopic (exact) mass is 626 g/mol. The Bertz CT molecular complexity index is 1820. The highest BCUT2D eigenvalue weighted by Crippen LogP contribution is 2.25. The summed E-state index contributed by atoms with van der Waals surface area (Å²) in [6, 6.07) is 16.9. The molecule has 0 spiro atoms. The summed E-state index contributed by atoms with van der Waals surface area (Å²) in [5.41, 5.74) is 2.41. The maximum absolute atomic E-state index is 14.0. The molecule has 1 unspecified atom stereocenters. The molecule has 1 aliphatic rings. The van der Waals surface area contributed by atoms with Crippen LogP contribution < -0.4 is 26.4 Å². The zero-order valence-corrected chi connectivity index (χ0v) is 25.8. The van der Waals surface area contributed by atoms with Gasteiger partial charge in [0.2, 0.25) is 5.91 Å². The third-order valence-electron chi connectivity index (χ3n) is 7.80. The number of rotatable bonds is 10. The number of aromatic nitrogens is 2. The molecule has 3 N–H and O–H groups in total. The lowest BCUT2D eigenvalue weighted by atomic mass is 9.99. The van der Waals surface area contributed by atoms with Crippen LogP contribution in [0.5, 0.6) is 0 Å². The largest absolute Gasteiger partial charge is 0.378 e. The van der Waals surface area contributed by atoms with Gasteiger partial charge in [-0.05, 0) is 74.1 Å². The first-order valence-electron chi connectivity index (χ1n) is 14.9. The summed E-state index contributed by atoms with van der Waals surface area (Å²) < 4.78 is 20.6. The Balaban J connectivity index is 1.64. The number of anilines is 2. The van der Waals surface area contributed by atoms with Crippen molar-refractivity contribution in [2.24, 2.45) is 0 Å². The Morgan fingerprint density at radius 1 is 0.957 bits per heavy atom. The number of halogens is 1. The van der Waals surface area contributed by atoms with Gasteiger partial charge in [0.05, 0.1) is 32.0 Å². The molecule has 5 rings (SSSR count). The molecule has 0 aliphatic carbocycles. The van der Waals surface area contributed by atoms with E-state index in [2.05, 4.69) is 25.8 Å². The van der Waals surface area contributed by atoms with Gasteiger partial charge in [0, 0.05) is 48.1 Å². The Kier molecular flexibility index (Phi) is 9.99. The number of benzene rings is 3. The minimum Gasteiger partial charge on any atom is -0.378 e. The predicted molar refractivity (Wildman–Crippen MR) is 173 cm³/mol. The standard InChI is InChI=1S/C34H35FN6O5/c1-21(36-2)32(43)39-29-19-38-31(24-5-4-6-25(17-24)33(44)37-3)41(34(29)45)20-22-15-26(30(42)23-7-9-27(35)10-8-23)18-28(16-22)40-11-13-46-14-12-40/h4-10,15-19,21,36H,11-14,20H2,1-3H3,(H,37,44)(H,39,43). The second-order valence-corrected chi connectivity index (χ2v) is 10.9. The van der Waals surface area contributed by atoms with E-state index >= 15 is 0 Å². The summed E-state index contributed by atoms with van der Waals surface area (Å²) in [4.78, 5) is 59.4. The molecule has 1 saturated heterocycles. The molecule has 0 bridgehead atoms. The van der Waals surface area contributed by atoms with Crippen LogP contribution in [0.3, 0.4) is 0 Å². The average molecular weight is 627 g/mol. The fraction of sp³-hybridized carbons (Fsp3) is 0.265. The third kappa shape index (κ3) is 7.19. The number of nitrogens with zero attached hydrogens (tertiary/aromatic N) is 3. The van der Waals surface area contributed by atoms with E-state index in [-0.39, 0.29) is 29.7 Å². The molecule has 2 amide bonds. The van der Waals surface area contributed by atoms with Crippen molar-refractivity contribution >= 4 is 29.0 Å². The van der Waals surface area contributed by atoms with Crippen LogP contribution in [0.2, 0.25) is 0 Å². The molecule has 12 heteroatoms. The number of carbonyl (C=O) groups excluding carboxylic acids is 3. The van der Waals surface area contributed by atoms with Gasteiger partial charge in [-0.25, -0.2) is 9.37 Å². The highest BCUT2D eigenvalue weighted by molar-refractivity contribution is 6.09. The van der Waals surface area contributed by atoms with Crippen molar-refractivity contribution in [1.29, 1.82) is 0 Å². The summed E-state index contributed by atoms with van der Waals surface area (Å²) in [7, 11) is 3.16. The molecule has 2 heterocycles. The zero-order valence-electron chi connectivity index (χ0n) is 25.8. The van der Waals surface area contributed by atoms with E-state index in [1.807, 2.05) is 6.07 Å². The molecular formula is C34H35FN6O5. The molecule has 11 nitrogen and oxygen atoms in total. The lowest BCUT2D eigenvalue weighted by Gasteiger charge is -2.29. The maximum Gasteiger partial charge on any atom is 0.277 e. The maximum atomic E-state index is 14.0. The second-order valence-electron chi connectivity index (χ2n) is 10.9. The van der Waals surface area contributed by atoms with Crippen molar-refractivity contribution in [2.75, 3.05) is 50.6 Å². The topological polar surface area (TPSA) is 135 Å². The van der Waals surface area contributed by atoms with E-state index in [1.54, 1.807) is 50.4 Å². The van der Waals surface area contributed by atoms with E-state index in [4.69, 9.17) is 4.74 Å². The smallest absolute Gasteiger partial charge is 0.277 e. The molecule has 0 radical (unpaired) electrons. The molecule has 3 aromatic carbocycles. The van der Waals surface area contributed by atoms with E-state index in [0.29, 0.717) is 54.1 Å². The van der Waals surface area contributed by atoms with Gasteiger partial charge in [-0.1, -0.05) is 12.1 Å². The number of likely N-dealkylation sites (N-methyl/N-ethyl adjacent to an activating group) is 1. The lowest BCUT2D eigenvalue weighted by Crippen LogP contribution is -2.38. The number of hydrogen-bond donors (Lipinski definition) is 3. The van der Waals surface area contributed by atoms with E-state index in [0.717, 1.165) is 5.69 Å². The first-order chi connectivity index (χ1) is 22.2. The van der Waals surface area contributed by atoms with Gasteiger partial charge in [0.25, 0.3) is 11.5 Å². The quantitative estimate of drug-likeness (QED) is 0.229. The van der Waals surface area contributed by atoms with E-state index in [1.165, 1.54) is 42.1 Å². The van der Waals surface area contributed by atoms with Crippen LogP contribution in [-0.2, 0) is 16.1 Å². The lowest BCUT2D eigenvalue weighted by molar-refractivity contribution is -0.117. The Morgan fingerprint density at radius 2 is 1.70 bits per heavy atom. The first kappa shape index (κ1) is 32.2. The molecule has 1 atom stereocenters. The fourth-order valence-electron chi connectivity index (χ4n) is 5.12. The van der Waals surface area contributed by atoms with Crippen LogP contribution in [-0.4, -0.2) is 73.6 Å². The number of morpholine rings is 1. The molecule has 1 aromatic heterocycles. The molecule has 46 heavy (non-hydrogen) atoms. The number of amides is 2. The Morgan fingerprint density at radius 3 is 2.39 bits per heavy atom. The zero-order chi connectivity index (χ0) is 32.8. The van der Waals surface area contributed by atoms with Gasteiger partial charge in [-0.15, -0.1) is 0 Å². The Labute approximate surface area is 265 Å². The van der Waals surface area contributed by atoms with Crippen molar-refractivity contribution < 1.29 is 23.5 Å². The normalized spacial score (nSPS) is 13.6. The summed E-state index contributed by atoms with van der Waals surface area (Å²) in [6.07, 6.45) is 1.30. The van der Waals surface area contributed by atoms with Gasteiger partial charge in [-0.3, -0.25) is 23.7 Å². The van der Waals surface area contributed by atoms with Gasteiger partial charge in [0.15, 0.2) is 5.78 Å². The van der Waals surface area contributed by atoms with E-state index < -0.39 is 23.3 Å². The van der Waals surface area contributed by atoms with Crippen molar-refractivity contribution in [3.63, 3.8) is 0 Å². The predicted octanol–water partition coefficient (Wildman–Crippen LogP) is 3.07. The molecule has 4 aromatic rings. The summed E-state index contributed by atoms with van der Waals surface area (Å²) >= 11 is 0. The summed E-state index contributed by atoms with van der Waals surface area (Å²) in [6.45, 7) is 3.91. The highest BCUT2D eigenvalue weighted by atomic mass is 19.1. The number of ketones is 1. The minimum absolute atomic E-state index is 0.0153. The van der Waals surface area contributed by atoms with Crippen molar-refractivity contribution in [3.05, 3.63) is 111 Å².